The molecule has 0 aliphatic rings. The molecule has 0 saturated carbocycles. The van der Waals surface area contributed by atoms with Gasteiger partial charge in [0.15, 0.2) is 0 Å². The van der Waals surface area contributed by atoms with Crippen molar-refractivity contribution in [2.75, 3.05) is 12.1 Å². The van der Waals surface area contributed by atoms with Gasteiger partial charge in [-0.15, -0.1) is 0 Å². The number of benzene rings is 2. The van der Waals surface area contributed by atoms with Crippen molar-refractivity contribution in [2.24, 2.45) is 0 Å². The smallest absolute Gasteiger partial charge is 0.239 e. The Balaban J connectivity index is 1.53. The molecule has 0 atom stereocenters. The summed E-state index contributed by atoms with van der Waals surface area (Å²) >= 11 is 5.86. The molecule has 0 aliphatic heterocycles. The maximum Gasteiger partial charge on any atom is 0.239 e. The zero-order valence-corrected chi connectivity index (χ0v) is 14.4. The molecular formula is C18H17ClN4O2. The quantitative estimate of drug-likeness (QED) is 0.684. The molecule has 0 unspecified atom stereocenters. The fraction of sp³-hybridized carbons (Fsp3) is 0.167. The van der Waals surface area contributed by atoms with Crippen LogP contribution in [0.3, 0.4) is 0 Å². The number of amides is 1. The lowest BCUT2D eigenvalue weighted by Crippen LogP contribution is -2.39. The Bertz CT molecular complexity index is 834. The molecule has 7 heteroatoms. The highest BCUT2D eigenvalue weighted by atomic mass is 35.5. The number of nitrogens with zero attached hydrogens (tertiary/aromatic N) is 3. The third-order valence-corrected chi connectivity index (χ3v) is 3.82. The predicted octanol–water partition coefficient (Wildman–Crippen LogP) is 3.49. The molecule has 1 aromatic heterocycles. The molecule has 3 aromatic rings. The van der Waals surface area contributed by atoms with Crippen LogP contribution < -0.4 is 10.4 Å². The summed E-state index contributed by atoms with van der Waals surface area (Å²) in [6.45, 7) is 0. The Morgan fingerprint density at radius 2 is 1.88 bits per heavy atom. The van der Waals surface area contributed by atoms with Crippen LogP contribution in [0.25, 0.3) is 11.4 Å². The highest BCUT2D eigenvalue weighted by Crippen LogP contribution is 2.19. The van der Waals surface area contributed by atoms with Gasteiger partial charge in [-0.1, -0.05) is 35.0 Å². The molecule has 0 fully saturated rings. The number of para-hydroxylation sites is 1. The number of anilines is 1. The van der Waals surface area contributed by atoms with Crippen molar-refractivity contribution in [3.8, 4) is 11.4 Å². The first-order valence-corrected chi connectivity index (χ1v) is 8.16. The largest absolute Gasteiger partial charge is 0.339 e. The van der Waals surface area contributed by atoms with Crippen LogP contribution in [0.1, 0.15) is 12.3 Å². The van der Waals surface area contributed by atoms with Gasteiger partial charge in [0.05, 0.1) is 5.69 Å². The van der Waals surface area contributed by atoms with Crippen molar-refractivity contribution in [3.05, 3.63) is 65.5 Å². The molecule has 1 heterocycles. The van der Waals surface area contributed by atoms with Crippen LogP contribution in [-0.4, -0.2) is 23.1 Å². The molecular weight excluding hydrogens is 340 g/mol. The molecule has 3 rings (SSSR count). The lowest BCUT2D eigenvalue weighted by Gasteiger charge is -2.19. The zero-order valence-electron chi connectivity index (χ0n) is 13.6. The van der Waals surface area contributed by atoms with Gasteiger partial charge in [0.2, 0.25) is 17.6 Å². The third kappa shape index (κ3) is 4.58. The van der Waals surface area contributed by atoms with Crippen molar-refractivity contribution < 1.29 is 9.32 Å². The molecule has 25 heavy (non-hydrogen) atoms. The van der Waals surface area contributed by atoms with Gasteiger partial charge < -0.3 is 4.52 Å². The summed E-state index contributed by atoms with van der Waals surface area (Å²) in [5.41, 5.74) is 4.52. The molecule has 0 bridgehead atoms. The first-order chi connectivity index (χ1) is 12.1. The molecule has 2 aromatic carbocycles. The van der Waals surface area contributed by atoms with Crippen LogP contribution in [0.4, 0.5) is 5.69 Å². The SMILES string of the molecule is CN(NC(=O)CCc1nc(-c2ccc(Cl)cc2)no1)c1ccccc1. The van der Waals surface area contributed by atoms with Gasteiger partial charge in [-0.2, -0.15) is 4.98 Å². The van der Waals surface area contributed by atoms with E-state index in [0.717, 1.165) is 11.3 Å². The van der Waals surface area contributed by atoms with E-state index in [1.807, 2.05) is 42.5 Å². The molecule has 0 radical (unpaired) electrons. The fourth-order valence-corrected chi connectivity index (χ4v) is 2.38. The molecule has 1 N–H and O–H groups in total. The van der Waals surface area contributed by atoms with E-state index in [-0.39, 0.29) is 12.3 Å². The van der Waals surface area contributed by atoms with E-state index < -0.39 is 0 Å². The van der Waals surface area contributed by atoms with E-state index in [1.54, 1.807) is 24.2 Å². The van der Waals surface area contributed by atoms with Crippen LogP contribution in [0.2, 0.25) is 5.02 Å². The first-order valence-electron chi connectivity index (χ1n) is 7.78. The maximum absolute atomic E-state index is 12.1. The van der Waals surface area contributed by atoms with Crippen LogP contribution in [0.5, 0.6) is 0 Å². The van der Waals surface area contributed by atoms with Crippen molar-refractivity contribution in [1.82, 2.24) is 15.6 Å². The van der Waals surface area contributed by atoms with Gasteiger partial charge in [-0.3, -0.25) is 15.2 Å². The average molecular weight is 357 g/mol. The Morgan fingerprint density at radius 3 is 2.60 bits per heavy atom. The van der Waals surface area contributed by atoms with Crippen LogP contribution in [0, 0.1) is 0 Å². The standard InChI is InChI=1S/C18H17ClN4O2/c1-23(15-5-3-2-4-6-15)21-16(24)11-12-17-20-18(22-25-17)13-7-9-14(19)10-8-13/h2-10H,11-12H2,1H3,(H,21,24). The minimum atomic E-state index is -0.127. The van der Waals surface area contributed by atoms with Gasteiger partial charge in [-0.25, -0.2) is 0 Å². The second-order valence-corrected chi connectivity index (χ2v) is 5.88. The average Bonchev–Trinajstić information content (AvgIpc) is 3.10. The Hall–Kier alpha value is -2.86. The molecule has 1 amide bonds. The van der Waals surface area contributed by atoms with Gasteiger partial charge in [0.1, 0.15) is 0 Å². The number of hydrogen-bond acceptors (Lipinski definition) is 5. The number of aromatic nitrogens is 2. The number of aryl methyl sites for hydroxylation is 1. The number of halogens is 1. The zero-order chi connectivity index (χ0) is 17.6. The first kappa shape index (κ1) is 17.0. The Morgan fingerprint density at radius 1 is 1.16 bits per heavy atom. The third-order valence-electron chi connectivity index (χ3n) is 3.57. The number of nitrogens with one attached hydrogen (secondary N) is 1. The second kappa shape index (κ2) is 7.81. The lowest BCUT2D eigenvalue weighted by atomic mass is 10.2. The maximum atomic E-state index is 12.1. The summed E-state index contributed by atoms with van der Waals surface area (Å²) < 4.78 is 5.20. The topological polar surface area (TPSA) is 71.3 Å². The number of rotatable bonds is 6. The fourth-order valence-electron chi connectivity index (χ4n) is 2.25. The van der Waals surface area contributed by atoms with E-state index in [0.29, 0.717) is 23.2 Å². The summed E-state index contributed by atoms with van der Waals surface area (Å²) in [5, 5.41) is 6.25. The predicted molar refractivity (Wildman–Crippen MR) is 96.1 cm³/mol. The van der Waals surface area contributed by atoms with E-state index in [9.17, 15) is 4.79 Å². The minimum Gasteiger partial charge on any atom is -0.339 e. The highest BCUT2D eigenvalue weighted by molar-refractivity contribution is 6.30. The van der Waals surface area contributed by atoms with Gasteiger partial charge >= 0.3 is 0 Å². The monoisotopic (exact) mass is 356 g/mol. The number of hydrogen-bond donors (Lipinski definition) is 1. The van der Waals surface area contributed by atoms with Crippen LogP contribution in [-0.2, 0) is 11.2 Å². The molecule has 0 spiro atoms. The van der Waals surface area contributed by atoms with Crippen LogP contribution in [0.15, 0.2) is 59.1 Å². The van der Waals surface area contributed by atoms with Gasteiger partial charge in [0.25, 0.3) is 0 Å². The number of carbonyl (C=O) groups is 1. The van der Waals surface area contributed by atoms with E-state index in [2.05, 4.69) is 15.6 Å². The molecule has 128 valence electrons. The minimum absolute atomic E-state index is 0.127. The van der Waals surface area contributed by atoms with Crippen molar-refractivity contribution in [2.45, 2.75) is 12.8 Å². The van der Waals surface area contributed by atoms with Crippen molar-refractivity contribution in [1.29, 1.82) is 0 Å². The normalized spacial score (nSPS) is 10.5. The van der Waals surface area contributed by atoms with E-state index in [1.165, 1.54) is 0 Å². The Labute approximate surface area is 150 Å². The number of hydrazine groups is 1. The lowest BCUT2D eigenvalue weighted by molar-refractivity contribution is -0.121. The number of carbonyl (C=O) groups excluding carboxylic acids is 1. The van der Waals surface area contributed by atoms with Gasteiger partial charge in [0, 0.05) is 30.5 Å². The van der Waals surface area contributed by atoms with Crippen molar-refractivity contribution in [3.63, 3.8) is 0 Å². The van der Waals surface area contributed by atoms with Gasteiger partial charge in [-0.05, 0) is 36.4 Å². The second-order valence-electron chi connectivity index (χ2n) is 5.45. The highest BCUT2D eigenvalue weighted by Gasteiger charge is 2.12. The molecule has 0 saturated heterocycles. The summed E-state index contributed by atoms with van der Waals surface area (Å²) in [7, 11) is 1.79. The van der Waals surface area contributed by atoms with Crippen molar-refractivity contribution >= 4 is 23.2 Å². The molecule has 6 nitrogen and oxygen atoms in total. The van der Waals surface area contributed by atoms with Crippen LogP contribution >= 0.6 is 11.6 Å². The summed E-state index contributed by atoms with van der Waals surface area (Å²) in [6.07, 6.45) is 0.620. The summed E-state index contributed by atoms with van der Waals surface area (Å²) in [4.78, 5) is 16.4. The Kier molecular flexibility index (Phi) is 5.30. The van der Waals surface area contributed by atoms with E-state index in [4.69, 9.17) is 16.1 Å². The van der Waals surface area contributed by atoms with E-state index >= 15 is 0 Å². The molecule has 0 aliphatic carbocycles. The summed E-state index contributed by atoms with van der Waals surface area (Å²) in [6, 6.07) is 16.7. The summed E-state index contributed by atoms with van der Waals surface area (Å²) in [5.74, 6) is 0.772.